The van der Waals surface area contributed by atoms with E-state index in [-0.39, 0.29) is 42.8 Å². The topological polar surface area (TPSA) is 123 Å². The van der Waals surface area contributed by atoms with E-state index < -0.39 is 47.5 Å². The van der Waals surface area contributed by atoms with Gasteiger partial charge in [0.15, 0.2) is 11.6 Å². The van der Waals surface area contributed by atoms with Gasteiger partial charge in [0.25, 0.3) is 5.56 Å². The number of alkyl halides is 6. The minimum atomic E-state index is -4.93. The summed E-state index contributed by atoms with van der Waals surface area (Å²) < 4.78 is 104. The molecule has 0 spiro atoms. The Hall–Kier alpha value is -4.62. The third kappa shape index (κ3) is 11.4. The lowest BCUT2D eigenvalue weighted by atomic mass is 10.0. The average Bonchev–Trinajstić information content (AvgIpc) is 3.18. The fourth-order valence-corrected chi connectivity index (χ4v) is 7.82. The highest BCUT2D eigenvalue weighted by Crippen LogP contribution is 2.46. The van der Waals surface area contributed by atoms with Gasteiger partial charge in [-0.05, 0) is 69.5 Å². The molecule has 0 radical (unpaired) electrons. The highest BCUT2D eigenvalue weighted by molar-refractivity contribution is 9.10. The second-order valence-electron chi connectivity index (χ2n) is 15.1. The van der Waals surface area contributed by atoms with E-state index in [1.807, 2.05) is 13.0 Å². The molecule has 6 rings (SSSR count). The van der Waals surface area contributed by atoms with Crippen LogP contribution in [-0.4, -0.2) is 89.8 Å². The number of hydrogen-bond donors (Lipinski definition) is 2. The molecule has 326 valence electrons. The molecule has 2 amide bonds. The number of nitrogens with zero attached hydrogens (tertiary/aromatic N) is 5. The van der Waals surface area contributed by atoms with Gasteiger partial charge in [-0.15, -0.1) is 0 Å². The summed E-state index contributed by atoms with van der Waals surface area (Å²) in [5, 5.41) is 5.07. The number of carbonyl (C=O) groups is 1. The number of pyridine rings is 1. The Morgan fingerprint density at radius 3 is 2.43 bits per heavy atom. The number of amides is 2. The number of rotatable bonds is 15. The quantitative estimate of drug-likeness (QED) is 0.0889. The lowest BCUT2D eigenvalue weighted by molar-refractivity contribution is -0.136. The van der Waals surface area contributed by atoms with Gasteiger partial charge in [0, 0.05) is 30.2 Å². The van der Waals surface area contributed by atoms with Gasteiger partial charge in [-0.25, -0.2) is 9.78 Å². The van der Waals surface area contributed by atoms with E-state index in [4.69, 9.17) is 14.2 Å². The van der Waals surface area contributed by atoms with Crippen molar-refractivity contribution < 1.29 is 45.3 Å². The summed E-state index contributed by atoms with van der Waals surface area (Å²) >= 11 is 3.52. The second-order valence-corrected chi connectivity index (χ2v) is 15.9. The Morgan fingerprint density at radius 1 is 0.983 bits per heavy atom. The van der Waals surface area contributed by atoms with Crippen LogP contribution in [0.1, 0.15) is 62.3 Å². The summed E-state index contributed by atoms with van der Waals surface area (Å²) in [4.78, 5) is 37.5. The molecular weight excluding hydrogens is 864 g/mol. The minimum absolute atomic E-state index is 0.0250. The van der Waals surface area contributed by atoms with Crippen molar-refractivity contribution in [1.82, 2.24) is 19.4 Å². The van der Waals surface area contributed by atoms with Crippen LogP contribution in [0.15, 0.2) is 52.0 Å². The molecule has 0 bridgehead atoms. The Labute approximate surface area is 351 Å². The number of aromatic nitrogens is 3. The molecule has 2 N–H and O–H groups in total. The number of urea groups is 1. The molecule has 2 aliphatic rings. The summed E-state index contributed by atoms with van der Waals surface area (Å²) in [5.41, 5.74) is -0.0625. The summed E-state index contributed by atoms with van der Waals surface area (Å²) in [6, 6.07) is 5.56. The molecular formula is C41H48BrF6N7O5. The lowest BCUT2D eigenvalue weighted by Crippen LogP contribution is -2.47. The standard InChI is InChI=1S/C41H48BrF6N7O5/c1-4-27-22-60-38-33(55(27)24-40(43,44)45)11-10-32-37(38)29(41(46,47)48)17-36(56)54(32)13-9-7-5-6-8-12-53-14-15-58-28(21-53)23-59-34-16-25(2)30(42)18-31(34)51-39(57)52-35-20-49-26(3)19-50-35/h10-11,16-20,27-28H,4-9,12-15,21-24H2,1-3H3,(H2,50,51,52,57)/t27-,28+/m1/s1. The molecule has 2 atom stereocenters. The molecule has 12 nitrogen and oxygen atoms in total. The molecule has 2 aromatic heterocycles. The first-order chi connectivity index (χ1) is 28.5. The van der Waals surface area contributed by atoms with Gasteiger partial charge in [-0.3, -0.25) is 20.0 Å². The molecule has 1 fully saturated rings. The van der Waals surface area contributed by atoms with Crippen molar-refractivity contribution in [2.75, 3.05) is 61.5 Å². The number of hydrogen-bond acceptors (Lipinski definition) is 9. The number of unbranched alkanes of at least 4 members (excludes halogenated alkanes) is 4. The van der Waals surface area contributed by atoms with Gasteiger partial charge in [-0.2, -0.15) is 26.3 Å². The van der Waals surface area contributed by atoms with Crippen LogP contribution in [0.5, 0.6) is 11.5 Å². The van der Waals surface area contributed by atoms with Gasteiger partial charge in [0.2, 0.25) is 0 Å². The zero-order valence-electron chi connectivity index (χ0n) is 33.5. The predicted molar refractivity (Wildman–Crippen MR) is 219 cm³/mol. The highest BCUT2D eigenvalue weighted by Gasteiger charge is 2.41. The van der Waals surface area contributed by atoms with Crippen LogP contribution in [0.25, 0.3) is 10.9 Å². The van der Waals surface area contributed by atoms with Gasteiger partial charge < -0.3 is 29.0 Å². The Morgan fingerprint density at radius 2 is 1.73 bits per heavy atom. The highest BCUT2D eigenvalue weighted by atomic mass is 79.9. The van der Waals surface area contributed by atoms with Gasteiger partial charge in [0.05, 0.1) is 58.6 Å². The molecule has 0 aliphatic carbocycles. The summed E-state index contributed by atoms with van der Waals surface area (Å²) in [6.45, 7) is 7.01. The van der Waals surface area contributed by atoms with Crippen molar-refractivity contribution in [2.24, 2.45) is 0 Å². The molecule has 1 saturated heterocycles. The van der Waals surface area contributed by atoms with E-state index in [1.165, 1.54) is 22.9 Å². The molecule has 4 heterocycles. The van der Waals surface area contributed by atoms with Crippen molar-refractivity contribution in [2.45, 2.75) is 90.3 Å². The smallest absolute Gasteiger partial charge is 0.417 e. The SMILES string of the molecule is CC[C@@H]1COc2c(ccc3c2c(C(F)(F)F)cc(=O)n3CCCCCCCN2CCO[C@H](COc3cc(C)c(Br)cc3NC(=O)Nc3cnc(C)cn3)C2)N1CC(F)(F)F. The largest absolute Gasteiger partial charge is 0.489 e. The third-order valence-electron chi connectivity index (χ3n) is 10.5. The van der Waals surface area contributed by atoms with Crippen LogP contribution in [0, 0.1) is 13.8 Å². The number of benzene rings is 2. The maximum absolute atomic E-state index is 14.3. The van der Waals surface area contributed by atoms with Crippen LogP contribution in [0.3, 0.4) is 0 Å². The number of anilines is 3. The fraction of sp³-hybridized carbons (Fsp3) is 0.512. The zero-order valence-corrected chi connectivity index (χ0v) is 35.1. The molecule has 4 aromatic rings. The van der Waals surface area contributed by atoms with E-state index in [1.54, 1.807) is 26.1 Å². The van der Waals surface area contributed by atoms with E-state index in [0.29, 0.717) is 55.7 Å². The normalized spacial score (nSPS) is 17.3. The number of nitrogens with one attached hydrogen (secondary N) is 2. The number of aryl methyl sites for hydroxylation is 3. The summed E-state index contributed by atoms with van der Waals surface area (Å²) in [7, 11) is 0. The fourth-order valence-electron chi connectivity index (χ4n) is 7.48. The van der Waals surface area contributed by atoms with Crippen LogP contribution in [-0.2, 0) is 17.5 Å². The van der Waals surface area contributed by atoms with Crippen molar-refractivity contribution in [1.29, 1.82) is 0 Å². The monoisotopic (exact) mass is 911 g/mol. The van der Waals surface area contributed by atoms with Crippen molar-refractivity contribution in [3.63, 3.8) is 0 Å². The van der Waals surface area contributed by atoms with Crippen LogP contribution in [0.4, 0.5) is 48.3 Å². The number of carbonyl (C=O) groups excluding carboxylic acids is 1. The first-order valence-corrected chi connectivity index (χ1v) is 20.7. The lowest BCUT2D eigenvalue weighted by Gasteiger charge is -2.39. The Kier molecular flexibility index (Phi) is 14.5. The van der Waals surface area contributed by atoms with Crippen molar-refractivity contribution >= 4 is 50.1 Å². The third-order valence-corrected chi connectivity index (χ3v) is 11.4. The summed E-state index contributed by atoms with van der Waals surface area (Å²) in [6.07, 6.45) is -2.57. The number of halogens is 7. The molecule has 2 aliphatic heterocycles. The molecule has 0 unspecified atom stereocenters. The molecule has 60 heavy (non-hydrogen) atoms. The maximum Gasteiger partial charge on any atom is 0.417 e. The summed E-state index contributed by atoms with van der Waals surface area (Å²) in [5.74, 6) is 0.495. The van der Waals surface area contributed by atoms with Crippen LogP contribution < -0.4 is 30.6 Å². The maximum atomic E-state index is 14.3. The van der Waals surface area contributed by atoms with Gasteiger partial charge >= 0.3 is 18.4 Å². The molecule has 0 saturated carbocycles. The van der Waals surface area contributed by atoms with Crippen molar-refractivity contribution in [3.05, 3.63) is 74.4 Å². The molecule has 2 aromatic carbocycles. The minimum Gasteiger partial charge on any atom is -0.489 e. The number of ether oxygens (including phenoxy) is 3. The van der Waals surface area contributed by atoms with E-state index >= 15 is 0 Å². The van der Waals surface area contributed by atoms with E-state index in [2.05, 4.69) is 41.4 Å². The van der Waals surface area contributed by atoms with E-state index in [0.717, 1.165) is 53.0 Å². The number of morpholine rings is 1. The predicted octanol–water partition coefficient (Wildman–Crippen LogP) is 9.10. The van der Waals surface area contributed by atoms with Crippen LogP contribution in [0.2, 0.25) is 0 Å². The first kappa shape index (κ1) is 44.9. The Bertz CT molecular complexity index is 2190. The number of fused-ring (bicyclic) bond motifs is 3. The average molecular weight is 913 g/mol. The van der Waals surface area contributed by atoms with Crippen molar-refractivity contribution in [3.8, 4) is 11.5 Å². The second kappa shape index (κ2) is 19.4. The first-order valence-electron chi connectivity index (χ1n) is 19.9. The van der Waals surface area contributed by atoms with Gasteiger partial charge in [0.1, 0.15) is 31.6 Å². The van der Waals surface area contributed by atoms with Crippen LogP contribution >= 0.6 is 15.9 Å². The Balaban J connectivity index is 0.998. The molecule has 19 heteroatoms. The van der Waals surface area contributed by atoms with E-state index in [9.17, 15) is 35.9 Å². The zero-order chi connectivity index (χ0) is 43.2. The van der Waals surface area contributed by atoms with Gasteiger partial charge in [-0.1, -0.05) is 42.1 Å².